The fraction of sp³-hybridized carbons (Fsp3) is 0.0455. The number of hydrogen-bond acceptors (Lipinski definition) is 8. The summed E-state index contributed by atoms with van der Waals surface area (Å²) in [5, 5.41) is 25.2. The van der Waals surface area contributed by atoms with E-state index in [1.807, 2.05) is 42.3 Å². The van der Waals surface area contributed by atoms with Gasteiger partial charge in [-0.25, -0.2) is 0 Å². The lowest BCUT2D eigenvalue weighted by Gasteiger charge is -2.19. The average molecular weight is 400 g/mol. The Morgan fingerprint density at radius 1 is 0.633 bits per heavy atom. The van der Waals surface area contributed by atoms with Gasteiger partial charge in [0.15, 0.2) is 0 Å². The van der Waals surface area contributed by atoms with Gasteiger partial charge >= 0.3 is 0 Å². The summed E-state index contributed by atoms with van der Waals surface area (Å²) in [6.07, 6.45) is 0. The summed E-state index contributed by atoms with van der Waals surface area (Å²) in [6.45, 7) is 0. The molecule has 0 atom stereocenters. The maximum atomic E-state index is 9.49. The standard InChI is InChI=1S/C22H20N6O2/c1-28(17-5-3-2-4-6-17)22-26-20(23-15-7-11-18(29)12-8-15)25-21(27-22)24-16-9-13-19(30)14-10-16/h2-14,29-30H,1H3,(H2,23,24,25,26,27). The van der Waals surface area contributed by atoms with Crippen LogP contribution >= 0.6 is 0 Å². The van der Waals surface area contributed by atoms with Crippen LogP contribution in [-0.4, -0.2) is 32.2 Å². The number of anilines is 6. The monoisotopic (exact) mass is 400 g/mol. The van der Waals surface area contributed by atoms with E-state index in [1.54, 1.807) is 48.5 Å². The number of nitrogens with one attached hydrogen (secondary N) is 2. The summed E-state index contributed by atoms with van der Waals surface area (Å²) < 4.78 is 0. The molecule has 0 amide bonds. The second kappa shape index (κ2) is 8.36. The van der Waals surface area contributed by atoms with E-state index in [0.29, 0.717) is 17.8 Å². The summed E-state index contributed by atoms with van der Waals surface area (Å²) in [5.74, 6) is 1.48. The van der Waals surface area contributed by atoms with Crippen LogP contribution in [0.3, 0.4) is 0 Å². The van der Waals surface area contributed by atoms with Crippen molar-refractivity contribution in [2.75, 3.05) is 22.6 Å². The fourth-order valence-electron chi connectivity index (χ4n) is 2.74. The highest BCUT2D eigenvalue weighted by atomic mass is 16.3. The lowest BCUT2D eigenvalue weighted by atomic mass is 10.3. The molecular weight excluding hydrogens is 380 g/mol. The molecule has 0 bridgehead atoms. The first-order valence-corrected chi connectivity index (χ1v) is 9.24. The summed E-state index contributed by atoms with van der Waals surface area (Å²) in [6, 6.07) is 23.0. The Balaban J connectivity index is 1.69. The number of phenolic OH excluding ortho intramolecular Hbond substituents is 2. The minimum Gasteiger partial charge on any atom is -0.508 e. The molecule has 4 rings (SSSR count). The molecule has 1 aromatic heterocycles. The van der Waals surface area contributed by atoms with Gasteiger partial charge < -0.3 is 25.7 Å². The second-order valence-corrected chi connectivity index (χ2v) is 6.52. The quantitative estimate of drug-likeness (QED) is 0.350. The summed E-state index contributed by atoms with van der Waals surface area (Å²) in [5.41, 5.74) is 2.38. The van der Waals surface area contributed by atoms with Crippen molar-refractivity contribution in [1.29, 1.82) is 0 Å². The van der Waals surface area contributed by atoms with E-state index in [4.69, 9.17) is 0 Å². The van der Waals surface area contributed by atoms with E-state index < -0.39 is 0 Å². The van der Waals surface area contributed by atoms with Crippen molar-refractivity contribution in [2.24, 2.45) is 0 Å². The molecule has 0 spiro atoms. The third kappa shape index (κ3) is 4.56. The minimum atomic E-state index is 0.176. The van der Waals surface area contributed by atoms with Crippen LogP contribution in [0.1, 0.15) is 0 Å². The number of benzene rings is 3. The molecule has 0 saturated carbocycles. The van der Waals surface area contributed by atoms with Crippen LogP contribution in [0.25, 0.3) is 0 Å². The average Bonchev–Trinajstić information content (AvgIpc) is 2.77. The van der Waals surface area contributed by atoms with E-state index in [0.717, 1.165) is 17.1 Å². The molecule has 4 aromatic rings. The Bertz CT molecular complexity index is 1050. The van der Waals surface area contributed by atoms with Gasteiger partial charge in [0.05, 0.1) is 0 Å². The molecule has 0 aliphatic heterocycles. The smallest absolute Gasteiger partial charge is 0.236 e. The normalized spacial score (nSPS) is 10.4. The van der Waals surface area contributed by atoms with Crippen molar-refractivity contribution < 1.29 is 10.2 Å². The van der Waals surface area contributed by atoms with Gasteiger partial charge in [0.25, 0.3) is 0 Å². The highest BCUT2D eigenvalue weighted by Gasteiger charge is 2.13. The zero-order valence-corrected chi connectivity index (χ0v) is 16.2. The first kappa shape index (κ1) is 19.0. The maximum absolute atomic E-state index is 9.49. The Morgan fingerprint density at radius 3 is 1.57 bits per heavy atom. The molecule has 150 valence electrons. The molecule has 1 heterocycles. The van der Waals surface area contributed by atoms with Crippen LogP contribution in [0, 0.1) is 0 Å². The van der Waals surface area contributed by atoms with E-state index >= 15 is 0 Å². The predicted octanol–water partition coefficient (Wildman–Crippen LogP) is 4.54. The molecule has 3 aromatic carbocycles. The molecule has 0 saturated heterocycles. The molecule has 0 aliphatic rings. The second-order valence-electron chi connectivity index (χ2n) is 6.52. The zero-order chi connectivity index (χ0) is 20.9. The Labute approximate surface area is 173 Å². The zero-order valence-electron chi connectivity index (χ0n) is 16.2. The van der Waals surface area contributed by atoms with Crippen LogP contribution < -0.4 is 15.5 Å². The number of aromatic nitrogens is 3. The first-order valence-electron chi connectivity index (χ1n) is 9.24. The van der Waals surface area contributed by atoms with Crippen molar-refractivity contribution in [3.05, 3.63) is 78.9 Å². The molecule has 4 N–H and O–H groups in total. The maximum Gasteiger partial charge on any atom is 0.236 e. The van der Waals surface area contributed by atoms with Gasteiger partial charge in [0.2, 0.25) is 17.8 Å². The van der Waals surface area contributed by atoms with Crippen LogP contribution in [0.15, 0.2) is 78.9 Å². The SMILES string of the molecule is CN(c1ccccc1)c1nc(Nc2ccc(O)cc2)nc(Nc2ccc(O)cc2)n1. The summed E-state index contributed by atoms with van der Waals surface area (Å²) in [7, 11) is 1.87. The van der Waals surface area contributed by atoms with Crippen molar-refractivity contribution >= 4 is 34.9 Å². The molecule has 0 fully saturated rings. The van der Waals surface area contributed by atoms with Crippen molar-refractivity contribution in [3.8, 4) is 11.5 Å². The van der Waals surface area contributed by atoms with Gasteiger partial charge in [-0.2, -0.15) is 15.0 Å². The van der Waals surface area contributed by atoms with Crippen LogP contribution in [0.2, 0.25) is 0 Å². The molecular formula is C22H20N6O2. The number of aromatic hydroxyl groups is 2. The van der Waals surface area contributed by atoms with Crippen LogP contribution in [-0.2, 0) is 0 Å². The number of nitrogens with zero attached hydrogens (tertiary/aromatic N) is 4. The Hall–Kier alpha value is -4.33. The van der Waals surface area contributed by atoms with E-state index in [2.05, 4.69) is 25.6 Å². The number of hydrogen-bond donors (Lipinski definition) is 4. The molecule has 0 radical (unpaired) electrons. The topological polar surface area (TPSA) is 106 Å². The largest absolute Gasteiger partial charge is 0.508 e. The lowest BCUT2D eigenvalue weighted by molar-refractivity contribution is 0.475. The third-order valence-corrected chi connectivity index (χ3v) is 4.31. The van der Waals surface area contributed by atoms with Crippen LogP contribution in [0.4, 0.5) is 34.9 Å². The summed E-state index contributed by atoms with van der Waals surface area (Å²) in [4.78, 5) is 15.4. The van der Waals surface area contributed by atoms with Gasteiger partial charge in [-0.05, 0) is 60.7 Å². The molecule has 8 heteroatoms. The van der Waals surface area contributed by atoms with E-state index in [9.17, 15) is 10.2 Å². The van der Waals surface area contributed by atoms with Gasteiger partial charge in [0.1, 0.15) is 11.5 Å². The minimum absolute atomic E-state index is 0.176. The number of phenols is 2. The Kier molecular flexibility index (Phi) is 5.29. The predicted molar refractivity (Wildman–Crippen MR) is 117 cm³/mol. The van der Waals surface area contributed by atoms with Crippen molar-refractivity contribution in [2.45, 2.75) is 0 Å². The highest BCUT2D eigenvalue weighted by Crippen LogP contribution is 2.25. The van der Waals surface area contributed by atoms with Gasteiger partial charge in [-0.1, -0.05) is 18.2 Å². The Morgan fingerprint density at radius 2 is 1.10 bits per heavy atom. The van der Waals surface area contributed by atoms with Gasteiger partial charge in [0, 0.05) is 24.1 Å². The number of para-hydroxylation sites is 1. The van der Waals surface area contributed by atoms with Crippen molar-refractivity contribution in [1.82, 2.24) is 15.0 Å². The van der Waals surface area contributed by atoms with Crippen molar-refractivity contribution in [3.63, 3.8) is 0 Å². The molecule has 30 heavy (non-hydrogen) atoms. The van der Waals surface area contributed by atoms with Crippen LogP contribution in [0.5, 0.6) is 11.5 Å². The lowest BCUT2D eigenvalue weighted by Crippen LogP contribution is -2.15. The van der Waals surface area contributed by atoms with Gasteiger partial charge in [-0.15, -0.1) is 0 Å². The third-order valence-electron chi connectivity index (χ3n) is 4.31. The molecule has 0 unspecified atom stereocenters. The van der Waals surface area contributed by atoms with E-state index in [1.165, 1.54) is 0 Å². The van der Waals surface area contributed by atoms with Gasteiger partial charge in [-0.3, -0.25) is 0 Å². The number of rotatable bonds is 6. The summed E-state index contributed by atoms with van der Waals surface area (Å²) >= 11 is 0. The molecule has 0 aliphatic carbocycles. The molecule has 8 nitrogen and oxygen atoms in total. The first-order chi connectivity index (χ1) is 14.6. The highest BCUT2D eigenvalue weighted by molar-refractivity contribution is 5.63. The van der Waals surface area contributed by atoms with E-state index in [-0.39, 0.29) is 11.5 Å². The fourth-order valence-corrected chi connectivity index (χ4v) is 2.74.